The summed E-state index contributed by atoms with van der Waals surface area (Å²) < 4.78 is 70.4. The molecular weight excluding hydrogens is 447 g/mol. The van der Waals surface area contributed by atoms with Crippen LogP contribution in [0.25, 0.3) is 0 Å². The van der Waals surface area contributed by atoms with E-state index in [4.69, 9.17) is 4.74 Å². The van der Waals surface area contributed by atoms with Crippen LogP contribution in [0.5, 0.6) is 5.75 Å². The summed E-state index contributed by atoms with van der Waals surface area (Å²) in [6.45, 7) is 2.31. The SMILES string of the molecule is COc1ccc(CN2CCN(C(=O)CNS(=O)(=O)c3cccc(C(F)(F)F)c3)CC2)cc1. The van der Waals surface area contributed by atoms with Gasteiger partial charge in [0.1, 0.15) is 5.75 Å². The Morgan fingerprint density at radius 2 is 1.72 bits per heavy atom. The van der Waals surface area contributed by atoms with Crippen molar-refractivity contribution in [2.75, 3.05) is 39.8 Å². The highest BCUT2D eigenvalue weighted by atomic mass is 32.2. The number of hydrogen-bond acceptors (Lipinski definition) is 5. The zero-order chi connectivity index (χ0) is 23.4. The normalized spacial score (nSPS) is 15.6. The maximum Gasteiger partial charge on any atom is 0.416 e. The molecule has 0 aromatic heterocycles. The second kappa shape index (κ2) is 9.88. The van der Waals surface area contributed by atoms with Crippen molar-refractivity contribution < 1.29 is 31.1 Å². The molecule has 1 saturated heterocycles. The van der Waals surface area contributed by atoms with Gasteiger partial charge in [0.05, 0.1) is 24.1 Å². The number of hydrogen-bond donors (Lipinski definition) is 1. The Labute approximate surface area is 184 Å². The molecule has 0 radical (unpaired) electrons. The maximum absolute atomic E-state index is 12.8. The van der Waals surface area contributed by atoms with Crippen molar-refractivity contribution in [2.45, 2.75) is 17.6 Å². The van der Waals surface area contributed by atoms with Crippen LogP contribution in [-0.4, -0.2) is 64.0 Å². The lowest BCUT2D eigenvalue weighted by Crippen LogP contribution is -2.50. The summed E-state index contributed by atoms with van der Waals surface area (Å²) in [4.78, 5) is 15.6. The number of ether oxygens (including phenoxy) is 1. The van der Waals surface area contributed by atoms with Crippen molar-refractivity contribution in [1.29, 1.82) is 0 Å². The second-order valence-electron chi connectivity index (χ2n) is 7.36. The minimum atomic E-state index is -4.66. The Hall–Kier alpha value is -2.63. The van der Waals surface area contributed by atoms with Crippen LogP contribution in [0.15, 0.2) is 53.4 Å². The van der Waals surface area contributed by atoms with Gasteiger partial charge in [-0.3, -0.25) is 9.69 Å². The number of rotatable bonds is 7. The van der Waals surface area contributed by atoms with Crippen LogP contribution < -0.4 is 9.46 Å². The molecule has 0 saturated carbocycles. The van der Waals surface area contributed by atoms with E-state index in [2.05, 4.69) is 9.62 Å². The lowest BCUT2D eigenvalue weighted by atomic mass is 10.2. The summed E-state index contributed by atoms with van der Waals surface area (Å²) in [5.41, 5.74) is 0.0408. The van der Waals surface area contributed by atoms with E-state index >= 15 is 0 Å². The Balaban J connectivity index is 1.50. The minimum absolute atomic E-state index is 0.426. The molecule has 0 unspecified atom stereocenters. The number of benzene rings is 2. The van der Waals surface area contributed by atoms with E-state index < -0.39 is 39.1 Å². The second-order valence-corrected chi connectivity index (χ2v) is 9.12. The summed E-state index contributed by atoms with van der Waals surface area (Å²) in [6.07, 6.45) is -4.66. The van der Waals surface area contributed by atoms with Crippen LogP contribution in [0.3, 0.4) is 0 Å². The van der Waals surface area contributed by atoms with Crippen LogP contribution in [0.4, 0.5) is 13.2 Å². The molecule has 1 heterocycles. The highest BCUT2D eigenvalue weighted by Crippen LogP contribution is 2.30. The number of sulfonamides is 1. The highest BCUT2D eigenvalue weighted by Gasteiger charge is 2.32. The van der Waals surface area contributed by atoms with E-state index in [0.717, 1.165) is 29.5 Å². The molecule has 1 N–H and O–H groups in total. The first-order chi connectivity index (χ1) is 15.1. The average Bonchev–Trinajstić information content (AvgIpc) is 2.78. The lowest BCUT2D eigenvalue weighted by Gasteiger charge is -2.34. The molecule has 1 fully saturated rings. The van der Waals surface area contributed by atoms with Gasteiger partial charge in [-0.25, -0.2) is 13.1 Å². The number of methoxy groups -OCH3 is 1. The van der Waals surface area contributed by atoms with E-state index in [0.29, 0.717) is 38.8 Å². The summed E-state index contributed by atoms with van der Waals surface area (Å²) in [7, 11) is -2.65. The molecule has 2 aromatic carbocycles. The molecule has 11 heteroatoms. The van der Waals surface area contributed by atoms with E-state index in [1.807, 2.05) is 24.3 Å². The van der Waals surface area contributed by atoms with Gasteiger partial charge >= 0.3 is 6.18 Å². The predicted molar refractivity (Wildman–Crippen MR) is 111 cm³/mol. The van der Waals surface area contributed by atoms with E-state index in [9.17, 15) is 26.4 Å². The number of nitrogens with zero attached hydrogens (tertiary/aromatic N) is 2. The fourth-order valence-electron chi connectivity index (χ4n) is 3.34. The van der Waals surface area contributed by atoms with Crippen molar-refractivity contribution in [3.8, 4) is 5.75 Å². The maximum atomic E-state index is 12.8. The number of piperazine rings is 1. The first-order valence-corrected chi connectivity index (χ1v) is 11.4. The first kappa shape index (κ1) is 24.0. The third-order valence-corrected chi connectivity index (χ3v) is 6.57. The molecule has 1 aliphatic heterocycles. The Bertz CT molecular complexity index is 1040. The van der Waals surface area contributed by atoms with Crippen LogP contribution in [0.2, 0.25) is 0 Å². The quantitative estimate of drug-likeness (QED) is 0.671. The lowest BCUT2D eigenvalue weighted by molar-refractivity contribution is -0.137. The van der Waals surface area contributed by atoms with Crippen molar-refractivity contribution in [3.63, 3.8) is 0 Å². The summed E-state index contributed by atoms with van der Waals surface area (Å²) in [6, 6.07) is 11.1. The highest BCUT2D eigenvalue weighted by molar-refractivity contribution is 7.89. The predicted octanol–water partition coefficient (Wildman–Crippen LogP) is 2.34. The number of amides is 1. The number of halogens is 3. The molecule has 1 aliphatic rings. The molecule has 0 bridgehead atoms. The van der Waals surface area contributed by atoms with Gasteiger partial charge in [-0.05, 0) is 35.9 Å². The van der Waals surface area contributed by atoms with E-state index in [1.165, 1.54) is 0 Å². The van der Waals surface area contributed by atoms with Crippen molar-refractivity contribution in [1.82, 2.24) is 14.5 Å². The van der Waals surface area contributed by atoms with Crippen molar-refractivity contribution in [2.24, 2.45) is 0 Å². The largest absolute Gasteiger partial charge is 0.497 e. The molecule has 1 amide bonds. The van der Waals surface area contributed by atoms with Crippen LogP contribution in [0.1, 0.15) is 11.1 Å². The van der Waals surface area contributed by atoms with Crippen LogP contribution >= 0.6 is 0 Å². The van der Waals surface area contributed by atoms with Gasteiger partial charge in [-0.15, -0.1) is 0 Å². The standard InChI is InChI=1S/C21H24F3N3O4S/c1-31-18-7-5-16(6-8-18)15-26-9-11-27(12-10-26)20(28)14-25-32(29,30)19-4-2-3-17(13-19)21(22,23)24/h2-8,13,25H,9-12,14-15H2,1H3. The topological polar surface area (TPSA) is 79.0 Å². The molecule has 0 aliphatic carbocycles. The molecule has 32 heavy (non-hydrogen) atoms. The molecule has 0 spiro atoms. The van der Waals surface area contributed by atoms with Crippen LogP contribution in [0, 0.1) is 0 Å². The molecule has 174 valence electrons. The molecule has 7 nitrogen and oxygen atoms in total. The average molecular weight is 472 g/mol. The van der Waals surface area contributed by atoms with Gasteiger partial charge in [0.15, 0.2) is 0 Å². The third-order valence-electron chi connectivity index (χ3n) is 5.18. The van der Waals surface area contributed by atoms with Gasteiger partial charge in [0.2, 0.25) is 15.9 Å². The Kier molecular flexibility index (Phi) is 7.42. The summed E-state index contributed by atoms with van der Waals surface area (Å²) in [5, 5.41) is 0. The Morgan fingerprint density at radius 1 is 1.06 bits per heavy atom. The van der Waals surface area contributed by atoms with Gasteiger partial charge < -0.3 is 9.64 Å². The fourth-order valence-corrected chi connectivity index (χ4v) is 4.36. The number of alkyl halides is 3. The zero-order valence-electron chi connectivity index (χ0n) is 17.4. The minimum Gasteiger partial charge on any atom is -0.497 e. The summed E-state index contributed by atoms with van der Waals surface area (Å²) >= 11 is 0. The number of carbonyl (C=O) groups is 1. The van der Waals surface area contributed by atoms with Gasteiger partial charge in [-0.2, -0.15) is 13.2 Å². The smallest absolute Gasteiger partial charge is 0.416 e. The van der Waals surface area contributed by atoms with E-state index in [1.54, 1.807) is 12.0 Å². The van der Waals surface area contributed by atoms with Crippen molar-refractivity contribution in [3.05, 3.63) is 59.7 Å². The van der Waals surface area contributed by atoms with Gasteiger partial charge in [-0.1, -0.05) is 18.2 Å². The fraction of sp³-hybridized carbons (Fsp3) is 0.381. The van der Waals surface area contributed by atoms with Gasteiger partial charge in [0, 0.05) is 32.7 Å². The first-order valence-electron chi connectivity index (χ1n) is 9.88. The third kappa shape index (κ3) is 6.21. The monoisotopic (exact) mass is 471 g/mol. The number of carbonyl (C=O) groups excluding carboxylic acids is 1. The molecular formula is C21H24F3N3O4S. The molecule has 3 rings (SSSR count). The number of nitrogens with one attached hydrogen (secondary N) is 1. The molecule has 2 aromatic rings. The van der Waals surface area contributed by atoms with Crippen molar-refractivity contribution >= 4 is 15.9 Å². The van der Waals surface area contributed by atoms with Gasteiger partial charge in [0.25, 0.3) is 0 Å². The zero-order valence-corrected chi connectivity index (χ0v) is 18.2. The molecule has 0 atom stereocenters. The Morgan fingerprint density at radius 3 is 2.31 bits per heavy atom. The van der Waals surface area contributed by atoms with Crippen LogP contribution in [-0.2, 0) is 27.5 Å². The van der Waals surface area contributed by atoms with E-state index in [-0.39, 0.29) is 0 Å². The summed E-state index contributed by atoms with van der Waals surface area (Å²) in [5.74, 6) is 0.349.